The van der Waals surface area contributed by atoms with Gasteiger partial charge in [-0.15, -0.1) is 0 Å². The highest BCUT2D eigenvalue weighted by Gasteiger charge is 2.51. The Morgan fingerprint density at radius 3 is 2.66 bits per heavy atom. The Bertz CT molecular complexity index is 2020. The molecule has 4 fully saturated rings. The maximum atomic E-state index is 15.4. The van der Waals surface area contributed by atoms with Crippen LogP contribution in [0.25, 0.3) is 10.8 Å². The predicted molar refractivity (Wildman–Crippen MR) is 208 cm³/mol. The summed E-state index contributed by atoms with van der Waals surface area (Å²) in [6.07, 6.45) is 8.93. The molecule has 0 unspecified atom stereocenters. The van der Waals surface area contributed by atoms with Crippen LogP contribution in [-0.4, -0.2) is 89.4 Å². The standard InChI is InChI=1S/C42H53F2N7O5/c1-3-5-6-7-8-11-35(52)56-29-20-27-12-13-32(44)30(4-2)36(27)34(21-29)49-19-14-31-33(24-49)45-40(55-26-41-15-9-18-51(41)23-28(43)22-41)46-37(31)50-17-10-16-42(25-50)38(53)47-39(54)48-42/h12-13,20-21,28H,3-11,14-19,22-26H2,1-2H3,(H2,47,48,53,54)/t28-,41+,42-/m1/s1. The summed E-state index contributed by atoms with van der Waals surface area (Å²) >= 11 is 0. The molecule has 4 saturated heterocycles. The van der Waals surface area contributed by atoms with E-state index in [9.17, 15) is 18.8 Å². The molecule has 2 aromatic carbocycles. The smallest absolute Gasteiger partial charge is 0.322 e. The van der Waals surface area contributed by atoms with Crippen molar-refractivity contribution in [2.45, 2.75) is 121 Å². The van der Waals surface area contributed by atoms with Crippen LogP contribution in [-0.2, 0) is 29.0 Å². The number of hydrogen-bond donors (Lipinski definition) is 2. The second-order valence-corrected chi connectivity index (χ2v) is 16.4. The predicted octanol–water partition coefficient (Wildman–Crippen LogP) is 6.29. The highest BCUT2D eigenvalue weighted by atomic mass is 19.1. The lowest BCUT2D eigenvalue weighted by molar-refractivity contribution is -0.134. The minimum atomic E-state index is -1.06. The Morgan fingerprint density at radius 1 is 1.02 bits per heavy atom. The average Bonchev–Trinajstić information content (AvgIpc) is 3.80. The Morgan fingerprint density at radius 2 is 1.86 bits per heavy atom. The highest BCUT2D eigenvalue weighted by Crippen LogP contribution is 2.42. The van der Waals surface area contributed by atoms with E-state index in [1.54, 1.807) is 6.07 Å². The number of esters is 1. The average molecular weight is 774 g/mol. The summed E-state index contributed by atoms with van der Waals surface area (Å²) in [7, 11) is 0. The molecule has 0 radical (unpaired) electrons. The van der Waals surface area contributed by atoms with Crippen molar-refractivity contribution in [1.82, 2.24) is 25.5 Å². The Balaban J connectivity index is 1.13. The number of piperidine rings is 1. The van der Waals surface area contributed by atoms with E-state index in [2.05, 4.69) is 27.4 Å². The van der Waals surface area contributed by atoms with Crippen molar-refractivity contribution in [1.29, 1.82) is 0 Å². The van der Waals surface area contributed by atoms with Gasteiger partial charge in [0, 0.05) is 55.2 Å². The van der Waals surface area contributed by atoms with Crippen molar-refractivity contribution < 1.29 is 32.6 Å². The second kappa shape index (κ2) is 15.7. The quantitative estimate of drug-likeness (QED) is 0.0885. The van der Waals surface area contributed by atoms with Gasteiger partial charge in [-0.25, -0.2) is 13.6 Å². The molecular formula is C42H53F2N7O5. The number of aromatic nitrogens is 2. The number of carbonyl (C=O) groups is 3. The van der Waals surface area contributed by atoms with Gasteiger partial charge in [0.05, 0.1) is 24.3 Å². The SMILES string of the molecule is CCCCCCCC(=O)Oc1cc(N2CCc3c(nc(OC[C@@]45CCCN4C[C@H](F)C5)nc3N3CCC[C@]4(C3)NC(=O)NC4=O)C2)c2c(CC)c(F)ccc2c1. The number of nitrogens with zero attached hydrogens (tertiary/aromatic N) is 5. The molecule has 14 heteroatoms. The van der Waals surface area contributed by atoms with Crippen molar-refractivity contribution in [2.24, 2.45) is 0 Å². The zero-order valence-corrected chi connectivity index (χ0v) is 32.6. The number of rotatable bonds is 13. The number of amides is 3. The number of carbonyl (C=O) groups excluding carboxylic acids is 3. The van der Waals surface area contributed by atoms with Gasteiger partial charge in [0.2, 0.25) is 0 Å². The number of unbranched alkanes of at least 4 members (excludes halogenated alkanes) is 4. The lowest BCUT2D eigenvalue weighted by atomic mass is 9.88. The summed E-state index contributed by atoms with van der Waals surface area (Å²) in [6, 6.07) is 6.54. The number of anilines is 2. The van der Waals surface area contributed by atoms with Gasteiger partial charge in [-0.05, 0) is 74.6 Å². The monoisotopic (exact) mass is 773 g/mol. The Hall–Kier alpha value is -4.59. The highest BCUT2D eigenvalue weighted by molar-refractivity contribution is 6.07. The van der Waals surface area contributed by atoms with Gasteiger partial charge in [0.15, 0.2) is 0 Å². The van der Waals surface area contributed by atoms with Crippen molar-refractivity contribution >= 4 is 40.2 Å². The van der Waals surface area contributed by atoms with Crippen molar-refractivity contribution in [3.05, 3.63) is 46.9 Å². The number of nitrogens with one attached hydrogen (secondary N) is 2. The number of halogens is 2. The first-order valence-electron chi connectivity index (χ1n) is 20.6. The minimum absolute atomic E-state index is 0.176. The molecule has 3 amide bonds. The number of urea groups is 1. The number of imide groups is 1. The van der Waals surface area contributed by atoms with Crippen LogP contribution in [0.5, 0.6) is 11.8 Å². The van der Waals surface area contributed by atoms with Gasteiger partial charge in [-0.3, -0.25) is 19.8 Å². The third kappa shape index (κ3) is 7.36. The van der Waals surface area contributed by atoms with E-state index in [-0.39, 0.29) is 36.9 Å². The molecule has 5 aliphatic rings. The summed E-state index contributed by atoms with van der Waals surface area (Å²) in [6.45, 7) is 7.33. The van der Waals surface area contributed by atoms with E-state index >= 15 is 4.39 Å². The Labute approximate surface area is 326 Å². The summed E-state index contributed by atoms with van der Waals surface area (Å²) in [4.78, 5) is 54.7. The maximum Gasteiger partial charge on any atom is 0.322 e. The molecule has 0 bridgehead atoms. The number of ether oxygens (including phenoxy) is 2. The third-order valence-corrected chi connectivity index (χ3v) is 12.6. The molecule has 300 valence electrons. The third-order valence-electron chi connectivity index (χ3n) is 12.6. The van der Waals surface area contributed by atoms with E-state index in [1.165, 1.54) is 6.07 Å². The van der Waals surface area contributed by atoms with Gasteiger partial charge >= 0.3 is 18.0 Å². The van der Waals surface area contributed by atoms with Crippen molar-refractivity contribution in [3.8, 4) is 11.8 Å². The van der Waals surface area contributed by atoms with E-state index in [0.29, 0.717) is 81.8 Å². The number of fused-ring (bicyclic) bond motifs is 3. The van der Waals surface area contributed by atoms with Crippen LogP contribution in [0.2, 0.25) is 0 Å². The van der Waals surface area contributed by atoms with Crippen LogP contribution in [0.1, 0.15) is 101 Å². The van der Waals surface area contributed by atoms with Gasteiger partial charge in [-0.1, -0.05) is 45.6 Å². The molecule has 6 heterocycles. The number of hydrogen-bond acceptors (Lipinski definition) is 10. The first-order chi connectivity index (χ1) is 27.1. The largest absolute Gasteiger partial charge is 0.461 e. The molecule has 0 saturated carbocycles. The molecule has 56 heavy (non-hydrogen) atoms. The van der Waals surface area contributed by atoms with Crippen molar-refractivity contribution in [3.63, 3.8) is 0 Å². The molecule has 1 aromatic heterocycles. The maximum absolute atomic E-state index is 15.4. The fourth-order valence-corrected chi connectivity index (χ4v) is 9.79. The van der Waals surface area contributed by atoms with E-state index in [1.807, 2.05) is 24.0 Å². The van der Waals surface area contributed by atoms with Crippen LogP contribution in [0, 0.1) is 5.82 Å². The topological polar surface area (TPSA) is 129 Å². The van der Waals surface area contributed by atoms with Crippen LogP contribution >= 0.6 is 0 Å². The van der Waals surface area contributed by atoms with Gasteiger partial charge in [-0.2, -0.15) is 9.97 Å². The summed E-state index contributed by atoms with van der Waals surface area (Å²) in [5.41, 5.74) is 1.51. The molecule has 3 aromatic rings. The number of alkyl halides is 1. The van der Waals surface area contributed by atoms with Gasteiger partial charge in [0.25, 0.3) is 5.91 Å². The van der Waals surface area contributed by atoms with Gasteiger partial charge in [0.1, 0.15) is 35.7 Å². The molecule has 5 aliphatic heterocycles. The normalized spacial score (nSPS) is 24.8. The van der Waals surface area contributed by atoms with Gasteiger partial charge < -0.3 is 24.6 Å². The summed E-state index contributed by atoms with van der Waals surface area (Å²) < 4.78 is 42.5. The first-order valence-corrected chi connectivity index (χ1v) is 20.6. The molecule has 2 N–H and O–H groups in total. The molecule has 3 atom stereocenters. The number of aryl methyl sites for hydroxylation is 1. The van der Waals surface area contributed by atoms with Crippen LogP contribution in [0.4, 0.5) is 25.1 Å². The fraction of sp³-hybridized carbons (Fsp3) is 0.595. The van der Waals surface area contributed by atoms with Crippen LogP contribution in [0.3, 0.4) is 0 Å². The van der Waals surface area contributed by atoms with Crippen LogP contribution in [0.15, 0.2) is 24.3 Å². The molecule has 12 nitrogen and oxygen atoms in total. The van der Waals surface area contributed by atoms with E-state index < -0.39 is 23.3 Å². The fourth-order valence-electron chi connectivity index (χ4n) is 9.79. The van der Waals surface area contributed by atoms with E-state index in [0.717, 1.165) is 79.2 Å². The molecule has 1 spiro atoms. The first kappa shape index (κ1) is 38.3. The number of benzene rings is 2. The molecule has 8 rings (SSSR count). The summed E-state index contributed by atoms with van der Waals surface area (Å²) in [5.74, 6) is 0.140. The van der Waals surface area contributed by atoms with E-state index in [4.69, 9.17) is 19.4 Å². The zero-order chi connectivity index (χ0) is 39.0. The zero-order valence-electron chi connectivity index (χ0n) is 32.6. The van der Waals surface area contributed by atoms with Crippen molar-refractivity contribution in [2.75, 3.05) is 49.1 Å². The lowest BCUT2D eigenvalue weighted by Crippen LogP contribution is -2.59. The van der Waals surface area contributed by atoms with Crippen LogP contribution < -0.4 is 29.9 Å². The second-order valence-electron chi connectivity index (χ2n) is 16.4. The molecular weight excluding hydrogens is 721 g/mol. The lowest BCUT2D eigenvalue weighted by Gasteiger charge is -2.40. The Kier molecular flexibility index (Phi) is 10.8. The molecule has 0 aliphatic carbocycles. The minimum Gasteiger partial charge on any atom is -0.461 e. The summed E-state index contributed by atoms with van der Waals surface area (Å²) in [5, 5.41) is 6.83.